The molecule has 1 unspecified atom stereocenters. The molecule has 0 radical (unpaired) electrons. The fraction of sp³-hybridized carbons (Fsp3) is 0.412. The summed E-state index contributed by atoms with van der Waals surface area (Å²) in [6, 6.07) is 9.11. The molecule has 0 aliphatic carbocycles. The molecule has 3 rings (SSSR count). The van der Waals surface area contributed by atoms with Gasteiger partial charge in [-0.15, -0.1) is 0 Å². The van der Waals surface area contributed by atoms with E-state index in [1.54, 1.807) is 28.9 Å². The summed E-state index contributed by atoms with van der Waals surface area (Å²) in [7, 11) is -1.67. The van der Waals surface area contributed by atoms with Gasteiger partial charge in [-0.2, -0.15) is 5.10 Å². The Morgan fingerprint density at radius 1 is 1.32 bits per heavy atom. The fourth-order valence-electron chi connectivity index (χ4n) is 3.13. The van der Waals surface area contributed by atoms with Crippen LogP contribution in [0.2, 0.25) is 0 Å². The first-order valence-corrected chi connectivity index (χ1v) is 10.0. The number of anilines is 1. The van der Waals surface area contributed by atoms with Crippen molar-refractivity contribution in [1.82, 2.24) is 14.7 Å². The molecule has 1 fully saturated rings. The third-order valence-electron chi connectivity index (χ3n) is 4.44. The lowest BCUT2D eigenvalue weighted by Crippen LogP contribution is -2.43. The topological polar surface area (TPSA) is 75.5 Å². The smallest absolute Gasteiger partial charge is 0.232 e. The fourth-order valence-corrected chi connectivity index (χ4v) is 4.11. The molecule has 8 heteroatoms. The molecule has 0 N–H and O–H groups in total. The summed E-state index contributed by atoms with van der Waals surface area (Å²) in [5.74, 6) is 0.230. The van der Waals surface area contributed by atoms with Crippen molar-refractivity contribution < 1.29 is 13.2 Å². The van der Waals surface area contributed by atoms with Gasteiger partial charge in [-0.1, -0.05) is 6.07 Å². The Balaban J connectivity index is 1.87. The van der Waals surface area contributed by atoms with Gasteiger partial charge < -0.3 is 4.90 Å². The number of rotatable bonds is 5. The Kier molecular flexibility index (Phi) is 4.80. The average molecular weight is 362 g/mol. The van der Waals surface area contributed by atoms with Crippen LogP contribution < -0.4 is 4.31 Å². The maximum absolute atomic E-state index is 12.4. The molecule has 0 bridgehead atoms. The molecule has 2 heterocycles. The summed E-state index contributed by atoms with van der Waals surface area (Å²) in [5.41, 5.74) is 1.40. The van der Waals surface area contributed by atoms with Gasteiger partial charge in [-0.3, -0.25) is 9.10 Å². The standard InChI is InChI=1S/C17H22N4O3S/c1-19-12-14(7-8-17(19)22)13-21(25(2,23)24)16-6-3-5-15(11-16)20-10-4-9-18-20/h3-6,9-11,14H,7-8,12-13H2,1-2H3. The minimum atomic E-state index is -3.43. The number of sulfonamides is 1. The highest BCUT2D eigenvalue weighted by Gasteiger charge is 2.28. The Bertz CT molecular complexity index is 849. The number of likely N-dealkylation sites (tertiary alicyclic amines) is 1. The summed E-state index contributed by atoms with van der Waals surface area (Å²) in [6.07, 6.45) is 5.87. The van der Waals surface area contributed by atoms with Gasteiger partial charge >= 0.3 is 0 Å². The van der Waals surface area contributed by atoms with E-state index in [0.717, 1.165) is 5.69 Å². The molecular formula is C17H22N4O3S. The molecule has 1 aliphatic rings. The van der Waals surface area contributed by atoms with Crippen molar-refractivity contribution in [3.05, 3.63) is 42.7 Å². The lowest BCUT2D eigenvalue weighted by atomic mass is 9.98. The van der Waals surface area contributed by atoms with Crippen molar-refractivity contribution in [2.24, 2.45) is 5.92 Å². The van der Waals surface area contributed by atoms with Crippen LogP contribution >= 0.6 is 0 Å². The molecule has 0 spiro atoms. The highest BCUT2D eigenvalue weighted by atomic mass is 32.2. The van der Waals surface area contributed by atoms with E-state index in [2.05, 4.69) is 5.10 Å². The second-order valence-electron chi connectivity index (χ2n) is 6.44. The predicted octanol–water partition coefficient (Wildman–Crippen LogP) is 1.51. The van der Waals surface area contributed by atoms with Crippen LogP contribution in [0.1, 0.15) is 12.8 Å². The molecule has 1 amide bonds. The summed E-state index contributed by atoms with van der Waals surface area (Å²) >= 11 is 0. The van der Waals surface area contributed by atoms with Gasteiger partial charge in [-0.25, -0.2) is 13.1 Å². The predicted molar refractivity (Wildman–Crippen MR) is 96.1 cm³/mol. The largest absolute Gasteiger partial charge is 0.345 e. The van der Waals surface area contributed by atoms with Crippen LogP contribution in [0.3, 0.4) is 0 Å². The number of amides is 1. The second kappa shape index (κ2) is 6.87. The molecular weight excluding hydrogens is 340 g/mol. The average Bonchev–Trinajstić information content (AvgIpc) is 3.09. The van der Waals surface area contributed by atoms with Gasteiger partial charge in [0.1, 0.15) is 0 Å². The molecule has 1 aromatic carbocycles. The first-order chi connectivity index (χ1) is 11.8. The van der Waals surface area contributed by atoms with Crippen molar-refractivity contribution in [3.8, 4) is 5.69 Å². The number of carbonyl (C=O) groups is 1. The molecule has 1 aliphatic heterocycles. The molecule has 2 aromatic rings. The van der Waals surface area contributed by atoms with E-state index in [1.807, 2.05) is 30.5 Å². The molecule has 134 valence electrons. The number of benzene rings is 1. The van der Waals surface area contributed by atoms with Gasteiger partial charge in [0, 0.05) is 39.0 Å². The summed E-state index contributed by atoms with van der Waals surface area (Å²) in [5, 5.41) is 4.19. The number of hydrogen-bond acceptors (Lipinski definition) is 4. The van der Waals surface area contributed by atoms with E-state index in [1.165, 1.54) is 10.6 Å². The Morgan fingerprint density at radius 2 is 2.12 bits per heavy atom. The van der Waals surface area contributed by atoms with Crippen LogP contribution in [-0.4, -0.2) is 55.4 Å². The van der Waals surface area contributed by atoms with E-state index in [0.29, 0.717) is 31.6 Å². The van der Waals surface area contributed by atoms with E-state index in [-0.39, 0.29) is 11.8 Å². The zero-order valence-electron chi connectivity index (χ0n) is 14.4. The Labute approximate surface area is 147 Å². The monoisotopic (exact) mass is 362 g/mol. The van der Waals surface area contributed by atoms with Crippen LogP contribution in [0.5, 0.6) is 0 Å². The minimum absolute atomic E-state index is 0.114. The molecule has 1 atom stereocenters. The molecule has 1 saturated heterocycles. The van der Waals surface area contributed by atoms with E-state index in [9.17, 15) is 13.2 Å². The van der Waals surface area contributed by atoms with Gasteiger partial charge in [0.15, 0.2) is 0 Å². The lowest BCUT2D eigenvalue weighted by molar-refractivity contribution is -0.133. The van der Waals surface area contributed by atoms with Gasteiger partial charge in [0.05, 0.1) is 17.6 Å². The number of aromatic nitrogens is 2. The summed E-state index contributed by atoms with van der Waals surface area (Å²) in [6.45, 7) is 0.933. The normalized spacial score (nSPS) is 18.4. The second-order valence-corrected chi connectivity index (χ2v) is 8.35. The maximum atomic E-state index is 12.4. The van der Waals surface area contributed by atoms with Crippen LogP contribution in [0, 0.1) is 5.92 Å². The molecule has 1 aromatic heterocycles. The van der Waals surface area contributed by atoms with Crippen LogP contribution in [0.25, 0.3) is 5.69 Å². The quantitative estimate of drug-likeness (QED) is 0.808. The third-order valence-corrected chi connectivity index (χ3v) is 5.60. The lowest BCUT2D eigenvalue weighted by Gasteiger charge is -2.33. The minimum Gasteiger partial charge on any atom is -0.345 e. The number of nitrogens with zero attached hydrogens (tertiary/aromatic N) is 4. The maximum Gasteiger partial charge on any atom is 0.232 e. The van der Waals surface area contributed by atoms with E-state index < -0.39 is 10.0 Å². The highest BCUT2D eigenvalue weighted by molar-refractivity contribution is 7.92. The van der Waals surface area contributed by atoms with Crippen LogP contribution in [0.4, 0.5) is 5.69 Å². The summed E-state index contributed by atoms with van der Waals surface area (Å²) < 4.78 is 27.9. The molecule has 7 nitrogen and oxygen atoms in total. The number of piperidine rings is 1. The van der Waals surface area contributed by atoms with Crippen LogP contribution in [-0.2, 0) is 14.8 Å². The zero-order chi connectivity index (χ0) is 18.0. The Morgan fingerprint density at radius 3 is 2.76 bits per heavy atom. The molecule has 0 saturated carbocycles. The van der Waals surface area contributed by atoms with Crippen molar-refractivity contribution >= 4 is 21.6 Å². The first kappa shape index (κ1) is 17.5. The van der Waals surface area contributed by atoms with Crippen molar-refractivity contribution in [3.63, 3.8) is 0 Å². The number of carbonyl (C=O) groups excluding carboxylic acids is 1. The van der Waals surface area contributed by atoms with Gasteiger partial charge in [0.25, 0.3) is 0 Å². The zero-order valence-corrected chi connectivity index (χ0v) is 15.2. The highest BCUT2D eigenvalue weighted by Crippen LogP contribution is 2.25. The van der Waals surface area contributed by atoms with Crippen molar-refractivity contribution in [2.45, 2.75) is 12.8 Å². The first-order valence-electron chi connectivity index (χ1n) is 8.16. The summed E-state index contributed by atoms with van der Waals surface area (Å²) in [4.78, 5) is 13.3. The van der Waals surface area contributed by atoms with E-state index in [4.69, 9.17) is 0 Å². The van der Waals surface area contributed by atoms with Crippen LogP contribution in [0.15, 0.2) is 42.7 Å². The molecule has 25 heavy (non-hydrogen) atoms. The number of hydrogen-bond donors (Lipinski definition) is 0. The SMILES string of the molecule is CN1CC(CN(c2cccc(-n3cccn3)c2)S(C)(=O)=O)CCC1=O. The third kappa shape index (κ3) is 4.01. The van der Waals surface area contributed by atoms with Gasteiger partial charge in [0.2, 0.25) is 15.9 Å². The van der Waals surface area contributed by atoms with E-state index >= 15 is 0 Å². The van der Waals surface area contributed by atoms with Crippen molar-refractivity contribution in [1.29, 1.82) is 0 Å². The Hall–Kier alpha value is -2.35. The van der Waals surface area contributed by atoms with Crippen molar-refractivity contribution in [2.75, 3.05) is 30.7 Å². The van der Waals surface area contributed by atoms with Gasteiger partial charge in [-0.05, 0) is 36.6 Å².